The Bertz CT molecular complexity index is 619. The SMILES string of the molecule is Cc1nc2c(O)c(C)c(C)c(C)c2c(C)c1C. The predicted molar refractivity (Wildman–Crippen MR) is 71.8 cm³/mol. The Hall–Kier alpha value is -1.57. The summed E-state index contributed by atoms with van der Waals surface area (Å²) in [6, 6.07) is 0. The topological polar surface area (TPSA) is 33.1 Å². The summed E-state index contributed by atoms with van der Waals surface area (Å²) in [4.78, 5) is 4.55. The van der Waals surface area contributed by atoms with E-state index < -0.39 is 0 Å². The first-order valence-electron chi connectivity index (χ1n) is 5.92. The van der Waals surface area contributed by atoms with Gasteiger partial charge >= 0.3 is 0 Å². The highest BCUT2D eigenvalue weighted by Crippen LogP contribution is 2.36. The molecule has 1 heterocycles. The molecule has 90 valence electrons. The predicted octanol–water partition coefficient (Wildman–Crippen LogP) is 3.79. The molecule has 0 amide bonds. The van der Waals surface area contributed by atoms with Crippen LogP contribution in [0.2, 0.25) is 0 Å². The zero-order chi connectivity index (χ0) is 12.9. The third-order valence-electron chi connectivity index (χ3n) is 4.08. The van der Waals surface area contributed by atoms with Crippen molar-refractivity contribution in [2.75, 3.05) is 0 Å². The summed E-state index contributed by atoms with van der Waals surface area (Å²) in [7, 11) is 0. The zero-order valence-corrected chi connectivity index (χ0v) is 11.4. The van der Waals surface area contributed by atoms with Gasteiger partial charge in [0.05, 0.1) is 0 Å². The number of nitrogens with zero attached hydrogens (tertiary/aromatic N) is 1. The second-order valence-electron chi connectivity index (χ2n) is 4.89. The van der Waals surface area contributed by atoms with E-state index in [0.29, 0.717) is 5.75 Å². The van der Waals surface area contributed by atoms with E-state index in [0.717, 1.165) is 27.7 Å². The average Bonchev–Trinajstić information content (AvgIpc) is 2.30. The molecular weight excluding hydrogens is 210 g/mol. The lowest BCUT2D eigenvalue weighted by Gasteiger charge is -2.16. The smallest absolute Gasteiger partial charge is 0.145 e. The first kappa shape index (κ1) is 11.9. The molecule has 0 bridgehead atoms. The largest absolute Gasteiger partial charge is 0.505 e. The molecule has 0 saturated heterocycles. The summed E-state index contributed by atoms with van der Waals surface area (Å²) in [5, 5.41) is 11.3. The van der Waals surface area contributed by atoms with E-state index in [9.17, 15) is 5.11 Å². The van der Waals surface area contributed by atoms with Gasteiger partial charge in [-0.05, 0) is 69.4 Å². The van der Waals surface area contributed by atoms with E-state index in [1.54, 1.807) is 0 Å². The van der Waals surface area contributed by atoms with Crippen LogP contribution in [0, 0.1) is 41.5 Å². The Kier molecular flexibility index (Phi) is 2.61. The molecule has 0 fully saturated rings. The van der Waals surface area contributed by atoms with Crippen molar-refractivity contribution in [1.82, 2.24) is 4.98 Å². The molecule has 1 N–H and O–H groups in total. The number of hydrogen-bond donors (Lipinski definition) is 1. The lowest BCUT2D eigenvalue weighted by Crippen LogP contribution is -1.99. The van der Waals surface area contributed by atoms with Crippen molar-refractivity contribution in [2.24, 2.45) is 0 Å². The van der Waals surface area contributed by atoms with Gasteiger partial charge in [0.15, 0.2) is 0 Å². The number of phenolic OH excluding ortho intramolecular Hbond substituents is 1. The Morgan fingerprint density at radius 2 is 1.24 bits per heavy atom. The molecule has 0 aliphatic heterocycles. The maximum absolute atomic E-state index is 10.2. The molecule has 0 aliphatic rings. The number of hydrogen-bond acceptors (Lipinski definition) is 2. The van der Waals surface area contributed by atoms with Crippen molar-refractivity contribution in [3.05, 3.63) is 33.5 Å². The van der Waals surface area contributed by atoms with E-state index >= 15 is 0 Å². The monoisotopic (exact) mass is 229 g/mol. The third-order valence-corrected chi connectivity index (χ3v) is 4.08. The van der Waals surface area contributed by atoms with Gasteiger partial charge in [0.25, 0.3) is 0 Å². The molecule has 0 saturated carbocycles. The fourth-order valence-electron chi connectivity index (χ4n) is 2.40. The van der Waals surface area contributed by atoms with Gasteiger partial charge in [0.1, 0.15) is 11.3 Å². The molecular formula is C15H19NO. The van der Waals surface area contributed by atoms with Gasteiger partial charge in [-0.25, -0.2) is 4.98 Å². The number of fused-ring (bicyclic) bond motifs is 1. The van der Waals surface area contributed by atoms with Crippen molar-refractivity contribution >= 4 is 10.9 Å². The Morgan fingerprint density at radius 1 is 0.706 bits per heavy atom. The summed E-state index contributed by atoms with van der Waals surface area (Å²) in [6.07, 6.45) is 0. The van der Waals surface area contributed by atoms with Crippen LogP contribution < -0.4 is 0 Å². The molecule has 0 radical (unpaired) electrons. The molecule has 0 spiro atoms. The molecule has 2 nitrogen and oxygen atoms in total. The van der Waals surface area contributed by atoms with E-state index in [2.05, 4.69) is 32.7 Å². The minimum atomic E-state index is 0.328. The number of benzene rings is 1. The summed E-state index contributed by atoms with van der Waals surface area (Å²) in [6.45, 7) is 12.3. The van der Waals surface area contributed by atoms with Crippen molar-refractivity contribution < 1.29 is 5.11 Å². The quantitative estimate of drug-likeness (QED) is 0.745. The van der Waals surface area contributed by atoms with E-state index in [-0.39, 0.29) is 0 Å². The van der Waals surface area contributed by atoms with E-state index in [4.69, 9.17) is 0 Å². The van der Waals surface area contributed by atoms with Crippen LogP contribution in [0.15, 0.2) is 0 Å². The van der Waals surface area contributed by atoms with Crippen LogP contribution in [0.3, 0.4) is 0 Å². The molecule has 1 aromatic heterocycles. The standard InChI is InChI=1S/C15H19NO/c1-7-9(3)13-10(4)8(2)12(6)16-14(13)15(17)11(7)5/h17H,1-6H3. The molecule has 2 aromatic rings. The summed E-state index contributed by atoms with van der Waals surface area (Å²) in [5.41, 5.74) is 7.49. The number of aryl methyl sites for hydroxylation is 3. The van der Waals surface area contributed by atoms with Crippen LogP contribution in [0.1, 0.15) is 33.5 Å². The second-order valence-corrected chi connectivity index (χ2v) is 4.89. The van der Waals surface area contributed by atoms with Crippen molar-refractivity contribution in [2.45, 2.75) is 41.5 Å². The number of rotatable bonds is 0. The minimum absolute atomic E-state index is 0.328. The average molecular weight is 229 g/mol. The van der Waals surface area contributed by atoms with Gasteiger partial charge in [0.2, 0.25) is 0 Å². The first-order chi connectivity index (χ1) is 7.86. The number of pyridine rings is 1. The first-order valence-corrected chi connectivity index (χ1v) is 5.92. The van der Waals surface area contributed by atoms with Crippen LogP contribution >= 0.6 is 0 Å². The van der Waals surface area contributed by atoms with Gasteiger partial charge in [-0.2, -0.15) is 0 Å². The molecule has 2 rings (SSSR count). The van der Waals surface area contributed by atoms with Crippen LogP contribution in [-0.4, -0.2) is 10.1 Å². The van der Waals surface area contributed by atoms with E-state index in [1.807, 2.05) is 13.8 Å². The molecule has 1 aromatic carbocycles. The van der Waals surface area contributed by atoms with Crippen LogP contribution in [0.25, 0.3) is 10.9 Å². The molecule has 17 heavy (non-hydrogen) atoms. The zero-order valence-electron chi connectivity index (χ0n) is 11.4. The third kappa shape index (κ3) is 1.51. The highest BCUT2D eigenvalue weighted by atomic mass is 16.3. The van der Waals surface area contributed by atoms with Gasteiger partial charge in [-0.15, -0.1) is 0 Å². The van der Waals surface area contributed by atoms with Gasteiger partial charge in [0, 0.05) is 11.1 Å². The lowest BCUT2D eigenvalue weighted by molar-refractivity contribution is 0.475. The normalized spacial score (nSPS) is 11.2. The van der Waals surface area contributed by atoms with Gasteiger partial charge in [-0.1, -0.05) is 0 Å². The second kappa shape index (κ2) is 3.73. The lowest BCUT2D eigenvalue weighted by atomic mass is 9.93. The maximum atomic E-state index is 10.2. The van der Waals surface area contributed by atoms with Crippen molar-refractivity contribution in [3.8, 4) is 5.75 Å². The maximum Gasteiger partial charge on any atom is 0.145 e. The molecule has 2 heteroatoms. The highest BCUT2D eigenvalue weighted by molar-refractivity contribution is 5.93. The molecule has 0 atom stereocenters. The Labute approximate surface area is 102 Å². The highest BCUT2D eigenvalue weighted by Gasteiger charge is 2.16. The van der Waals surface area contributed by atoms with E-state index in [1.165, 1.54) is 16.7 Å². The summed E-state index contributed by atoms with van der Waals surface area (Å²) < 4.78 is 0. The van der Waals surface area contributed by atoms with Crippen molar-refractivity contribution in [1.29, 1.82) is 0 Å². The Morgan fingerprint density at radius 3 is 1.82 bits per heavy atom. The van der Waals surface area contributed by atoms with Gasteiger partial charge < -0.3 is 5.11 Å². The number of aromatic hydroxyl groups is 1. The minimum Gasteiger partial charge on any atom is -0.505 e. The fraction of sp³-hybridized carbons (Fsp3) is 0.400. The fourth-order valence-corrected chi connectivity index (χ4v) is 2.40. The summed E-state index contributed by atoms with van der Waals surface area (Å²) in [5.74, 6) is 0.328. The van der Waals surface area contributed by atoms with Crippen LogP contribution in [-0.2, 0) is 0 Å². The van der Waals surface area contributed by atoms with Gasteiger partial charge in [-0.3, -0.25) is 0 Å². The Balaban J connectivity index is 3.12. The van der Waals surface area contributed by atoms with Crippen LogP contribution in [0.5, 0.6) is 5.75 Å². The molecule has 0 aliphatic carbocycles. The molecule has 0 unspecified atom stereocenters. The number of aromatic nitrogens is 1. The number of phenols is 1. The van der Waals surface area contributed by atoms with Crippen LogP contribution in [0.4, 0.5) is 0 Å². The summed E-state index contributed by atoms with van der Waals surface area (Å²) >= 11 is 0. The van der Waals surface area contributed by atoms with Crippen molar-refractivity contribution in [3.63, 3.8) is 0 Å².